The van der Waals surface area contributed by atoms with Crippen LogP contribution in [-0.4, -0.2) is 43.5 Å². The third kappa shape index (κ3) is 4.46. The molecule has 3 N–H and O–H groups in total. The Morgan fingerprint density at radius 1 is 1.19 bits per heavy atom. The van der Waals surface area contributed by atoms with Crippen LogP contribution in [0, 0.1) is 5.92 Å². The van der Waals surface area contributed by atoms with E-state index in [1.165, 1.54) is 0 Å². The van der Waals surface area contributed by atoms with Gasteiger partial charge in [0.2, 0.25) is 5.91 Å². The summed E-state index contributed by atoms with van der Waals surface area (Å²) in [6.07, 6.45) is 0.899. The minimum Gasteiger partial charge on any atom is -0.497 e. The number of hydrogen-bond acceptors (Lipinski definition) is 4. The van der Waals surface area contributed by atoms with Crippen LogP contribution in [-0.2, 0) is 4.79 Å². The van der Waals surface area contributed by atoms with E-state index in [0.29, 0.717) is 36.9 Å². The fraction of sp³-hybridized carbons (Fsp3) is 0.333. The summed E-state index contributed by atoms with van der Waals surface area (Å²) in [7, 11) is 1.57. The number of methoxy groups -OCH3 is 1. The maximum atomic E-state index is 13.1. The molecule has 0 radical (unpaired) electrons. The minimum absolute atomic E-state index is 0.0981. The van der Waals surface area contributed by atoms with E-state index in [1.807, 2.05) is 30.3 Å². The van der Waals surface area contributed by atoms with Crippen molar-refractivity contribution in [1.82, 2.24) is 10.2 Å². The first-order valence-electron chi connectivity index (χ1n) is 9.11. The first kappa shape index (κ1) is 18.9. The lowest BCUT2D eigenvalue weighted by Crippen LogP contribution is -2.42. The smallest absolute Gasteiger partial charge is 0.252 e. The zero-order chi connectivity index (χ0) is 19.2. The second-order valence-corrected chi connectivity index (χ2v) is 6.72. The maximum Gasteiger partial charge on any atom is 0.252 e. The Morgan fingerprint density at radius 3 is 2.48 bits per heavy atom. The van der Waals surface area contributed by atoms with Crippen LogP contribution in [0.25, 0.3) is 0 Å². The zero-order valence-electron chi connectivity index (χ0n) is 15.4. The highest BCUT2D eigenvalue weighted by Crippen LogP contribution is 2.22. The number of benzene rings is 2. The highest BCUT2D eigenvalue weighted by Gasteiger charge is 2.32. The summed E-state index contributed by atoms with van der Waals surface area (Å²) in [5, 5.41) is 2.89. The van der Waals surface area contributed by atoms with Gasteiger partial charge in [0.05, 0.1) is 7.11 Å². The number of carbonyl (C=O) groups is 2. The second kappa shape index (κ2) is 8.68. The fourth-order valence-electron chi connectivity index (χ4n) is 3.30. The molecule has 2 atom stereocenters. The number of likely N-dealkylation sites (tertiary alicyclic amines) is 1. The molecule has 2 unspecified atom stereocenters. The molecule has 1 saturated heterocycles. The van der Waals surface area contributed by atoms with E-state index in [4.69, 9.17) is 10.5 Å². The molecule has 1 aliphatic heterocycles. The molecular weight excluding hydrogens is 342 g/mol. The molecule has 6 nitrogen and oxygen atoms in total. The van der Waals surface area contributed by atoms with Crippen molar-refractivity contribution in [3.63, 3.8) is 0 Å². The van der Waals surface area contributed by atoms with Crippen LogP contribution in [0.5, 0.6) is 5.75 Å². The Morgan fingerprint density at radius 2 is 1.89 bits per heavy atom. The van der Waals surface area contributed by atoms with E-state index >= 15 is 0 Å². The van der Waals surface area contributed by atoms with Gasteiger partial charge < -0.3 is 20.7 Å². The monoisotopic (exact) mass is 367 g/mol. The molecule has 3 rings (SSSR count). The quantitative estimate of drug-likeness (QED) is 0.818. The van der Waals surface area contributed by atoms with E-state index in [1.54, 1.807) is 36.3 Å². The van der Waals surface area contributed by atoms with E-state index in [-0.39, 0.29) is 11.8 Å². The van der Waals surface area contributed by atoms with Crippen molar-refractivity contribution >= 4 is 11.8 Å². The van der Waals surface area contributed by atoms with Crippen molar-refractivity contribution in [3.8, 4) is 5.75 Å². The lowest BCUT2D eigenvalue weighted by Gasteiger charge is -2.25. The van der Waals surface area contributed by atoms with Crippen LogP contribution in [0.2, 0.25) is 0 Å². The van der Waals surface area contributed by atoms with E-state index in [9.17, 15) is 9.59 Å². The molecule has 2 aromatic carbocycles. The van der Waals surface area contributed by atoms with Crippen LogP contribution in [0.15, 0.2) is 54.6 Å². The lowest BCUT2D eigenvalue weighted by atomic mass is 10.0. The summed E-state index contributed by atoms with van der Waals surface area (Å²) >= 11 is 0. The number of ether oxygens (including phenoxy) is 1. The molecule has 2 aromatic rings. The first-order valence-corrected chi connectivity index (χ1v) is 9.11. The van der Waals surface area contributed by atoms with Gasteiger partial charge in [-0.25, -0.2) is 0 Å². The Kier molecular flexibility index (Phi) is 6.08. The van der Waals surface area contributed by atoms with Gasteiger partial charge in [-0.2, -0.15) is 0 Å². The van der Waals surface area contributed by atoms with Crippen molar-refractivity contribution in [2.75, 3.05) is 26.7 Å². The summed E-state index contributed by atoms with van der Waals surface area (Å²) in [4.78, 5) is 27.6. The molecule has 1 heterocycles. The first-order chi connectivity index (χ1) is 13.1. The van der Waals surface area contributed by atoms with Crippen LogP contribution in [0.4, 0.5) is 0 Å². The lowest BCUT2D eigenvalue weighted by molar-refractivity contribution is -0.132. The molecule has 6 heteroatoms. The van der Waals surface area contributed by atoms with E-state index in [0.717, 1.165) is 12.0 Å². The van der Waals surface area contributed by atoms with Gasteiger partial charge in [0, 0.05) is 18.7 Å². The minimum atomic E-state index is -0.725. The number of amides is 2. The molecule has 27 heavy (non-hydrogen) atoms. The summed E-state index contributed by atoms with van der Waals surface area (Å²) in [5.41, 5.74) is 6.99. The molecule has 0 aliphatic carbocycles. The van der Waals surface area contributed by atoms with Crippen molar-refractivity contribution in [1.29, 1.82) is 0 Å². The number of carbonyl (C=O) groups excluding carboxylic acids is 2. The van der Waals surface area contributed by atoms with Gasteiger partial charge >= 0.3 is 0 Å². The average molecular weight is 367 g/mol. The van der Waals surface area contributed by atoms with Gasteiger partial charge in [0.25, 0.3) is 5.91 Å². The summed E-state index contributed by atoms with van der Waals surface area (Å²) in [6, 6.07) is 15.4. The van der Waals surface area contributed by atoms with Gasteiger partial charge in [-0.05, 0) is 48.7 Å². The molecular formula is C21H25N3O3. The SMILES string of the molecule is COc1ccc(C(=O)NC(C(=O)N2CCC(CN)C2)c2ccccc2)cc1. The predicted molar refractivity (Wildman–Crippen MR) is 103 cm³/mol. The Bertz CT molecular complexity index is 777. The molecule has 142 valence electrons. The fourth-order valence-corrected chi connectivity index (χ4v) is 3.30. The largest absolute Gasteiger partial charge is 0.497 e. The predicted octanol–water partition coefficient (Wildman–Crippen LogP) is 1.97. The van der Waals surface area contributed by atoms with Crippen LogP contribution in [0.3, 0.4) is 0 Å². The van der Waals surface area contributed by atoms with Gasteiger partial charge in [-0.1, -0.05) is 30.3 Å². The van der Waals surface area contributed by atoms with Crippen molar-refractivity contribution in [2.45, 2.75) is 12.5 Å². The number of rotatable bonds is 6. The second-order valence-electron chi connectivity index (χ2n) is 6.72. The number of nitrogens with one attached hydrogen (secondary N) is 1. The van der Waals surface area contributed by atoms with Crippen LogP contribution < -0.4 is 15.8 Å². The van der Waals surface area contributed by atoms with Crippen molar-refractivity contribution < 1.29 is 14.3 Å². The summed E-state index contributed by atoms with van der Waals surface area (Å²) < 4.78 is 5.12. The number of nitrogens with zero attached hydrogens (tertiary/aromatic N) is 1. The standard InChI is InChI=1S/C21H25N3O3/c1-27-18-9-7-17(8-10-18)20(25)23-19(16-5-3-2-4-6-16)21(26)24-12-11-15(13-22)14-24/h2-10,15,19H,11-14,22H2,1H3,(H,23,25). The van der Waals surface area contributed by atoms with E-state index in [2.05, 4.69) is 5.32 Å². The Balaban J connectivity index is 1.79. The van der Waals surface area contributed by atoms with Gasteiger partial charge in [-0.3, -0.25) is 9.59 Å². The molecule has 0 saturated carbocycles. The molecule has 0 bridgehead atoms. The Labute approximate surface area is 159 Å². The number of hydrogen-bond donors (Lipinski definition) is 2. The average Bonchev–Trinajstić information content (AvgIpc) is 3.21. The molecule has 0 spiro atoms. The highest BCUT2D eigenvalue weighted by atomic mass is 16.5. The van der Waals surface area contributed by atoms with Crippen LogP contribution in [0.1, 0.15) is 28.4 Å². The normalized spacial score (nSPS) is 17.4. The number of nitrogens with two attached hydrogens (primary N) is 1. The van der Waals surface area contributed by atoms with Crippen molar-refractivity contribution in [3.05, 3.63) is 65.7 Å². The summed E-state index contributed by atoms with van der Waals surface area (Å²) in [5.74, 6) is 0.600. The van der Waals surface area contributed by atoms with Crippen molar-refractivity contribution in [2.24, 2.45) is 11.7 Å². The van der Waals surface area contributed by atoms with Gasteiger partial charge in [0.1, 0.15) is 11.8 Å². The third-order valence-corrected chi connectivity index (χ3v) is 4.94. The van der Waals surface area contributed by atoms with Crippen LogP contribution >= 0.6 is 0 Å². The third-order valence-electron chi connectivity index (χ3n) is 4.94. The van der Waals surface area contributed by atoms with E-state index < -0.39 is 6.04 Å². The Hall–Kier alpha value is -2.86. The molecule has 1 aliphatic rings. The van der Waals surface area contributed by atoms with Gasteiger partial charge in [-0.15, -0.1) is 0 Å². The summed E-state index contributed by atoms with van der Waals surface area (Å²) in [6.45, 7) is 1.87. The topological polar surface area (TPSA) is 84.7 Å². The molecule has 2 amide bonds. The molecule has 0 aromatic heterocycles. The highest BCUT2D eigenvalue weighted by molar-refractivity contribution is 5.98. The van der Waals surface area contributed by atoms with Gasteiger partial charge in [0.15, 0.2) is 0 Å². The molecule has 1 fully saturated rings. The zero-order valence-corrected chi connectivity index (χ0v) is 15.4. The maximum absolute atomic E-state index is 13.1.